The van der Waals surface area contributed by atoms with Crippen molar-refractivity contribution in [2.75, 3.05) is 43.2 Å². The number of rotatable bonds is 11. The number of sulfonamides is 1. The number of anilines is 2. The topological polar surface area (TPSA) is 114 Å². The Morgan fingerprint density at radius 3 is 2.18 bits per heavy atom. The number of para-hydroxylation sites is 2. The molecule has 2 N–H and O–H groups in total. The van der Waals surface area contributed by atoms with Crippen LogP contribution in [0.15, 0.2) is 60.7 Å². The van der Waals surface area contributed by atoms with Gasteiger partial charge in [-0.3, -0.25) is 13.9 Å². The summed E-state index contributed by atoms with van der Waals surface area (Å²) in [7, 11) is -0.621. The Kier molecular flexibility index (Phi) is 9.35. The van der Waals surface area contributed by atoms with Gasteiger partial charge in [-0.25, -0.2) is 8.42 Å². The summed E-state index contributed by atoms with van der Waals surface area (Å²) in [6, 6.07) is 17.5. The van der Waals surface area contributed by atoms with Gasteiger partial charge in [-0.15, -0.1) is 0 Å². The predicted molar refractivity (Wildman–Crippen MR) is 149 cm³/mol. The van der Waals surface area contributed by atoms with Crippen molar-refractivity contribution in [3.05, 3.63) is 82.9 Å². The molecular formula is C28H33N3O6S. The fraction of sp³-hybridized carbons (Fsp3) is 0.286. The van der Waals surface area contributed by atoms with Gasteiger partial charge in [0.15, 0.2) is 11.5 Å². The summed E-state index contributed by atoms with van der Waals surface area (Å²) in [4.78, 5) is 25.9. The van der Waals surface area contributed by atoms with E-state index < -0.39 is 22.5 Å². The number of aryl methyl sites for hydroxylation is 2. The maximum absolute atomic E-state index is 13.0. The lowest BCUT2D eigenvalue weighted by molar-refractivity contribution is -0.114. The van der Waals surface area contributed by atoms with Gasteiger partial charge < -0.3 is 20.1 Å². The van der Waals surface area contributed by atoms with Crippen molar-refractivity contribution in [2.24, 2.45) is 0 Å². The first-order valence-electron chi connectivity index (χ1n) is 12.0. The van der Waals surface area contributed by atoms with Crippen LogP contribution in [0.2, 0.25) is 0 Å². The molecular weight excluding hydrogens is 506 g/mol. The van der Waals surface area contributed by atoms with E-state index in [1.807, 2.05) is 18.2 Å². The van der Waals surface area contributed by atoms with E-state index in [0.29, 0.717) is 30.2 Å². The number of nitrogens with zero attached hydrogens (tertiary/aromatic N) is 1. The molecule has 0 aliphatic rings. The molecule has 0 saturated heterocycles. The normalized spacial score (nSPS) is 11.0. The van der Waals surface area contributed by atoms with Crippen LogP contribution in [0, 0.1) is 13.8 Å². The standard InChI is InChI=1S/C28H33N3O6S/c1-19-9-8-10-20(2)27(19)31(38(5,34)35)18-26(32)30-23-12-7-6-11-22(23)28(33)29-16-15-21-13-14-24(36-3)25(17-21)37-4/h6-14,17H,15-16,18H2,1-5H3,(H,29,33)(H,30,32). The molecule has 0 unspecified atom stereocenters. The lowest BCUT2D eigenvalue weighted by atomic mass is 10.1. The number of benzene rings is 3. The molecule has 3 aromatic rings. The molecule has 0 aliphatic carbocycles. The summed E-state index contributed by atoms with van der Waals surface area (Å²) in [6.45, 7) is 3.50. The molecule has 0 spiro atoms. The summed E-state index contributed by atoms with van der Waals surface area (Å²) < 4.78 is 36.8. The molecule has 0 atom stereocenters. The highest BCUT2D eigenvalue weighted by molar-refractivity contribution is 7.92. The van der Waals surface area contributed by atoms with E-state index in [2.05, 4.69) is 10.6 Å². The van der Waals surface area contributed by atoms with Crippen molar-refractivity contribution < 1.29 is 27.5 Å². The summed E-state index contributed by atoms with van der Waals surface area (Å²) in [5.41, 5.74) is 3.44. The Balaban J connectivity index is 1.70. The smallest absolute Gasteiger partial charge is 0.253 e. The van der Waals surface area contributed by atoms with E-state index in [4.69, 9.17) is 9.47 Å². The van der Waals surface area contributed by atoms with Gasteiger partial charge in [0.1, 0.15) is 6.54 Å². The molecule has 3 aromatic carbocycles. The first kappa shape index (κ1) is 28.5. The zero-order valence-corrected chi connectivity index (χ0v) is 23.0. The highest BCUT2D eigenvalue weighted by Crippen LogP contribution is 2.28. The van der Waals surface area contributed by atoms with Gasteiger partial charge in [-0.05, 0) is 61.2 Å². The molecule has 3 rings (SSSR count). The van der Waals surface area contributed by atoms with Gasteiger partial charge in [-0.2, -0.15) is 0 Å². The van der Waals surface area contributed by atoms with E-state index in [9.17, 15) is 18.0 Å². The van der Waals surface area contributed by atoms with Crippen LogP contribution in [-0.2, 0) is 21.2 Å². The van der Waals surface area contributed by atoms with Crippen molar-refractivity contribution >= 4 is 33.2 Å². The minimum absolute atomic E-state index is 0.270. The Bertz CT molecular complexity index is 1400. The lowest BCUT2D eigenvalue weighted by Crippen LogP contribution is -2.38. The average Bonchev–Trinajstić information content (AvgIpc) is 2.87. The maximum Gasteiger partial charge on any atom is 0.253 e. The van der Waals surface area contributed by atoms with Crippen molar-refractivity contribution in [3.63, 3.8) is 0 Å². The van der Waals surface area contributed by atoms with Gasteiger partial charge in [0.2, 0.25) is 15.9 Å². The number of methoxy groups -OCH3 is 2. The molecule has 202 valence electrons. The van der Waals surface area contributed by atoms with E-state index >= 15 is 0 Å². The highest BCUT2D eigenvalue weighted by atomic mass is 32.2. The molecule has 0 heterocycles. The van der Waals surface area contributed by atoms with Crippen LogP contribution < -0.4 is 24.4 Å². The van der Waals surface area contributed by atoms with Crippen molar-refractivity contribution in [1.82, 2.24) is 5.32 Å². The molecule has 2 amide bonds. The minimum atomic E-state index is -3.75. The maximum atomic E-state index is 13.0. The van der Waals surface area contributed by atoms with Gasteiger partial charge in [0.05, 0.1) is 37.4 Å². The Morgan fingerprint density at radius 2 is 1.55 bits per heavy atom. The lowest BCUT2D eigenvalue weighted by Gasteiger charge is -2.25. The third kappa shape index (κ3) is 7.04. The zero-order chi connectivity index (χ0) is 27.9. The number of ether oxygens (including phenoxy) is 2. The molecule has 0 saturated carbocycles. The van der Waals surface area contributed by atoms with E-state index in [0.717, 1.165) is 27.3 Å². The molecule has 0 aliphatic heterocycles. The summed E-state index contributed by atoms with van der Waals surface area (Å²) >= 11 is 0. The second-order valence-electron chi connectivity index (χ2n) is 8.80. The number of nitrogens with one attached hydrogen (secondary N) is 2. The van der Waals surface area contributed by atoms with Gasteiger partial charge in [-0.1, -0.05) is 36.4 Å². The van der Waals surface area contributed by atoms with Crippen LogP contribution >= 0.6 is 0 Å². The van der Waals surface area contributed by atoms with E-state index in [1.165, 1.54) is 0 Å². The van der Waals surface area contributed by atoms with Gasteiger partial charge in [0, 0.05) is 6.54 Å². The Morgan fingerprint density at radius 1 is 0.895 bits per heavy atom. The summed E-state index contributed by atoms with van der Waals surface area (Å²) in [6.07, 6.45) is 1.62. The quantitative estimate of drug-likeness (QED) is 0.384. The van der Waals surface area contributed by atoms with Crippen LogP contribution in [0.1, 0.15) is 27.0 Å². The minimum Gasteiger partial charge on any atom is -0.493 e. The van der Waals surface area contributed by atoms with E-state index in [1.54, 1.807) is 70.5 Å². The van der Waals surface area contributed by atoms with Crippen molar-refractivity contribution in [3.8, 4) is 11.5 Å². The molecule has 38 heavy (non-hydrogen) atoms. The second kappa shape index (κ2) is 12.5. The molecule has 0 aromatic heterocycles. The SMILES string of the molecule is COc1ccc(CCNC(=O)c2ccccc2NC(=O)CN(c2c(C)cccc2C)S(C)(=O)=O)cc1OC. The third-order valence-corrected chi connectivity index (χ3v) is 7.08. The number of amides is 2. The predicted octanol–water partition coefficient (Wildman–Crippen LogP) is 3.70. The monoisotopic (exact) mass is 539 g/mol. The van der Waals surface area contributed by atoms with Crippen molar-refractivity contribution in [1.29, 1.82) is 0 Å². The van der Waals surface area contributed by atoms with Crippen LogP contribution in [-0.4, -0.2) is 53.8 Å². The Hall–Kier alpha value is -4.05. The van der Waals surface area contributed by atoms with E-state index in [-0.39, 0.29) is 17.2 Å². The summed E-state index contributed by atoms with van der Waals surface area (Å²) in [5, 5.41) is 5.57. The van der Waals surface area contributed by atoms with Crippen LogP contribution in [0.25, 0.3) is 0 Å². The molecule has 0 bridgehead atoms. The molecule has 9 nitrogen and oxygen atoms in total. The molecule has 0 radical (unpaired) electrons. The number of hydrogen-bond acceptors (Lipinski definition) is 6. The number of carbonyl (C=O) groups is 2. The van der Waals surface area contributed by atoms with Crippen LogP contribution in [0.5, 0.6) is 11.5 Å². The van der Waals surface area contributed by atoms with Gasteiger partial charge >= 0.3 is 0 Å². The molecule has 10 heteroatoms. The summed E-state index contributed by atoms with van der Waals surface area (Å²) in [5.74, 6) is 0.296. The first-order chi connectivity index (χ1) is 18.0. The zero-order valence-electron chi connectivity index (χ0n) is 22.2. The highest BCUT2D eigenvalue weighted by Gasteiger charge is 2.24. The third-order valence-electron chi connectivity index (χ3n) is 5.97. The Labute approximate surface area is 223 Å². The van der Waals surface area contributed by atoms with Crippen LogP contribution in [0.4, 0.5) is 11.4 Å². The second-order valence-corrected chi connectivity index (χ2v) is 10.7. The van der Waals surface area contributed by atoms with Gasteiger partial charge in [0.25, 0.3) is 5.91 Å². The number of carbonyl (C=O) groups excluding carboxylic acids is 2. The number of hydrogen-bond donors (Lipinski definition) is 2. The largest absolute Gasteiger partial charge is 0.493 e. The van der Waals surface area contributed by atoms with Crippen LogP contribution in [0.3, 0.4) is 0 Å². The fourth-order valence-corrected chi connectivity index (χ4v) is 5.09. The molecule has 0 fully saturated rings. The van der Waals surface area contributed by atoms with Crippen molar-refractivity contribution in [2.45, 2.75) is 20.3 Å². The first-order valence-corrected chi connectivity index (χ1v) is 13.8. The average molecular weight is 540 g/mol. The fourth-order valence-electron chi connectivity index (χ4n) is 4.12.